The van der Waals surface area contributed by atoms with Crippen LogP contribution in [0.2, 0.25) is 0 Å². The number of nitrogens with zero attached hydrogens (tertiary/aromatic N) is 1. The zero-order valence-electron chi connectivity index (χ0n) is 10.5. The second-order valence-corrected chi connectivity index (χ2v) is 4.40. The zero-order chi connectivity index (χ0) is 13.0. The van der Waals surface area contributed by atoms with E-state index in [1.54, 1.807) is 13.1 Å². The molecule has 0 bridgehead atoms. The van der Waals surface area contributed by atoms with E-state index in [1.165, 1.54) is 6.07 Å². The van der Waals surface area contributed by atoms with Gasteiger partial charge in [0.1, 0.15) is 0 Å². The van der Waals surface area contributed by atoms with E-state index in [4.69, 9.17) is 4.74 Å². The maximum absolute atomic E-state index is 13.7. The highest BCUT2D eigenvalue weighted by atomic mass is 19.2. The molecule has 1 N–H and O–H groups in total. The van der Waals surface area contributed by atoms with Crippen LogP contribution >= 0.6 is 0 Å². The van der Waals surface area contributed by atoms with Gasteiger partial charge in [-0.05, 0) is 13.1 Å². The molecule has 0 amide bonds. The first kappa shape index (κ1) is 13.4. The molecular formula is C13H18F2N2O. The smallest absolute Gasteiger partial charge is 0.163 e. The summed E-state index contributed by atoms with van der Waals surface area (Å²) in [5.74, 6) is -1.56. The highest BCUT2D eigenvalue weighted by Gasteiger charge is 2.20. The molecule has 1 aromatic rings. The second-order valence-electron chi connectivity index (χ2n) is 4.40. The minimum Gasteiger partial charge on any atom is -0.379 e. The summed E-state index contributed by atoms with van der Waals surface area (Å²) in [6, 6.07) is 4.09. The molecule has 1 aliphatic rings. The summed E-state index contributed by atoms with van der Waals surface area (Å²) >= 11 is 0. The van der Waals surface area contributed by atoms with Crippen molar-refractivity contribution in [1.82, 2.24) is 10.2 Å². The Morgan fingerprint density at radius 1 is 1.33 bits per heavy atom. The number of likely N-dealkylation sites (N-methyl/N-ethyl adjacent to an activating group) is 1. The average molecular weight is 256 g/mol. The summed E-state index contributed by atoms with van der Waals surface area (Å²) in [4.78, 5) is 2.19. The van der Waals surface area contributed by atoms with Crippen molar-refractivity contribution in [3.05, 3.63) is 35.4 Å². The minimum absolute atomic E-state index is 0.209. The lowest BCUT2D eigenvalue weighted by atomic mass is 10.1. The van der Waals surface area contributed by atoms with Gasteiger partial charge in [0.2, 0.25) is 0 Å². The number of halogens is 2. The van der Waals surface area contributed by atoms with Crippen LogP contribution in [0, 0.1) is 11.6 Å². The van der Waals surface area contributed by atoms with Gasteiger partial charge in [-0.15, -0.1) is 0 Å². The molecule has 0 aromatic heterocycles. The second kappa shape index (κ2) is 6.22. The van der Waals surface area contributed by atoms with Gasteiger partial charge < -0.3 is 10.1 Å². The van der Waals surface area contributed by atoms with Gasteiger partial charge in [0.05, 0.1) is 13.2 Å². The standard InChI is InChI=1S/C13H18F2N2O/c1-16-12(9-17-5-7-18-8-6-17)10-3-2-4-11(14)13(10)15/h2-4,12,16H,5-9H2,1H3. The summed E-state index contributed by atoms with van der Waals surface area (Å²) in [7, 11) is 1.76. The van der Waals surface area contributed by atoms with Crippen LogP contribution in [0.1, 0.15) is 11.6 Å². The molecule has 2 rings (SSSR count). The Hall–Kier alpha value is -1.04. The monoisotopic (exact) mass is 256 g/mol. The molecule has 1 aliphatic heterocycles. The Labute approximate surface area is 106 Å². The minimum atomic E-state index is -0.797. The Bertz CT molecular complexity index is 395. The Morgan fingerprint density at radius 3 is 2.72 bits per heavy atom. The largest absolute Gasteiger partial charge is 0.379 e. The molecule has 100 valence electrons. The fourth-order valence-corrected chi connectivity index (χ4v) is 2.18. The van der Waals surface area contributed by atoms with Crippen molar-refractivity contribution in [2.24, 2.45) is 0 Å². The maximum atomic E-state index is 13.7. The van der Waals surface area contributed by atoms with E-state index < -0.39 is 11.6 Å². The predicted octanol–water partition coefficient (Wildman–Crippen LogP) is 1.56. The van der Waals surface area contributed by atoms with Crippen molar-refractivity contribution in [2.75, 3.05) is 39.9 Å². The summed E-state index contributed by atoms with van der Waals surface area (Å²) in [5.41, 5.74) is 0.379. The van der Waals surface area contributed by atoms with Crippen molar-refractivity contribution in [1.29, 1.82) is 0 Å². The fourth-order valence-electron chi connectivity index (χ4n) is 2.18. The van der Waals surface area contributed by atoms with Gasteiger partial charge in [0.25, 0.3) is 0 Å². The van der Waals surface area contributed by atoms with Crippen LogP contribution in [-0.2, 0) is 4.74 Å². The Balaban J connectivity index is 2.09. The van der Waals surface area contributed by atoms with E-state index in [0.717, 1.165) is 19.2 Å². The van der Waals surface area contributed by atoms with Gasteiger partial charge >= 0.3 is 0 Å². The van der Waals surface area contributed by atoms with Crippen molar-refractivity contribution in [2.45, 2.75) is 6.04 Å². The summed E-state index contributed by atoms with van der Waals surface area (Å²) < 4.78 is 32.2. The maximum Gasteiger partial charge on any atom is 0.163 e. The fraction of sp³-hybridized carbons (Fsp3) is 0.538. The van der Waals surface area contributed by atoms with Crippen molar-refractivity contribution in [3.8, 4) is 0 Å². The lowest BCUT2D eigenvalue weighted by Crippen LogP contribution is -2.41. The third-order valence-corrected chi connectivity index (χ3v) is 3.25. The Kier molecular flexibility index (Phi) is 4.63. The van der Waals surface area contributed by atoms with E-state index in [1.807, 2.05) is 0 Å². The molecular weight excluding hydrogens is 238 g/mol. The van der Waals surface area contributed by atoms with Gasteiger partial charge in [0.15, 0.2) is 11.6 Å². The summed E-state index contributed by atoms with van der Waals surface area (Å²) in [5, 5.41) is 3.04. The number of morpholine rings is 1. The van der Waals surface area contributed by atoms with Crippen LogP contribution in [-0.4, -0.2) is 44.8 Å². The summed E-state index contributed by atoms with van der Waals surface area (Å²) in [6.07, 6.45) is 0. The highest BCUT2D eigenvalue weighted by molar-refractivity contribution is 5.22. The lowest BCUT2D eigenvalue weighted by Gasteiger charge is -2.30. The normalized spacial score (nSPS) is 18.8. The van der Waals surface area contributed by atoms with Gasteiger partial charge in [0, 0.05) is 31.2 Å². The molecule has 5 heteroatoms. The molecule has 1 unspecified atom stereocenters. The van der Waals surface area contributed by atoms with E-state index in [0.29, 0.717) is 25.3 Å². The molecule has 0 aliphatic carbocycles. The molecule has 1 saturated heterocycles. The SMILES string of the molecule is CNC(CN1CCOCC1)c1cccc(F)c1F. The van der Waals surface area contributed by atoms with Gasteiger partial charge in [-0.2, -0.15) is 0 Å². The number of hydrogen-bond acceptors (Lipinski definition) is 3. The van der Waals surface area contributed by atoms with Crippen LogP contribution in [0.25, 0.3) is 0 Å². The van der Waals surface area contributed by atoms with Crippen LogP contribution in [0.3, 0.4) is 0 Å². The number of hydrogen-bond donors (Lipinski definition) is 1. The van der Waals surface area contributed by atoms with Crippen LogP contribution in [0.5, 0.6) is 0 Å². The third kappa shape index (κ3) is 3.04. The molecule has 1 atom stereocenters. The molecule has 18 heavy (non-hydrogen) atoms. The van der Waals surface area contributed by atoms with Gasteiger partial charge in [-0.3, -0.25) is 4.90 Å². The van der Waals surface area contributed by atoms with E-state index in [9.17, 15) is 8.78 Å². The molecule has 3 nitrogen and oxygen atoms in total. The highest BCUT2D eigenvalue weighted by Crippen LogP contribution is 2.20. The average Bonchev–Trinajstić information content (AvgIpc) is 2.41. The lowest BCUT2D eigenvalue weighted by molar-refractivity contribution is 0.0336. The molecule has 0 spiro atoms. The van der Waals surface area contributed by atoms with E-state index >= 15 is 0 Å². The van der Waals surface area contributed by atoms with Gasteiger partial charge in [-0.25, -0.2) is 8.78 Å². The molecule has 0 saturated carbocycles. The van der Waals surface area contributed by atoms with Gasteiger partial charge in [-0.1, -0.05) is 12.1 Å². The first-order valence-electron chi connectivity index (χ1n) is 6.13. The van der Waals surface area contributed by atoms with Crippen molar-refractivity contribution < 1.29 is 13.5 Å². The van der Waals surface area contributed by atoms with Crippen LogP contribution in [0.4, 0.5) is 8.78 Å². The third-order valence-electron chi connectivity index (χ3n) is 3.25. The quantitative estimate of drug-likeness (QED) is 0.884. The summed E-state index contributed by atoms with van der Waals surface area (Å²) in [6.45, 7) is 3.70. The molecule has 1 fully saturated rings. The number of nitrogens with one attached hydrogen (secondary N) is 1. The number of ether oxygens (including phenoxy) is 1. The first-order valence-corrected chi connectivity index (χ1v) is 6.13. The van der Waals surface area contributed by atoms with Crippen molar-refractivity contribution >= 4 is 0 Å². The molecule has 1 heterocycles. The predicted molar refractivity (Wildman–Crippen MR) is 65.4 cm³/mol. The first-order chi connectivity index (χ1) is 8.72. The van der Waals surface area contributed by atoms with E-state index in [-0.39, 0.29) is 6.04 Å². The van der Waals surface area contributed by atoms with Crippen LogP contribution in [0.15, 0.2) is 18.2 Å². The Morgan fingerprint density at radius 2 is 2.06 bits per heavy atom. The van der Waals surface area contributed by atoms with Crippen LogP contribution < -0.4 is 5.32 Å². The van der Waals surface area contributed by atoms with E-state index in [2.05, 4.69) is 10.2 Å². The zero-order valence-corrected chi connectivity index (χ0v) is 10.5. The van der Waals surface area contributed by atoms with Crippen molar-refractivity contribution in [3.63, 3.8) is 0 Å². The topological polar surface area (TPSA) is 24.5 Å². The number of rotatable bonds is 4. The molecule has 0 radical (unpaired) electrons. The molecule has 1 aromatic carbocycles. The number of benzene rings is 1.